The Hall–Kier alpha value is -4.14. The van der Waals surface area contributed by atoms with Gasteiger partial charge in [-0.3, -0.25) is 9.59 Å². The Morgan fingerprint density at radius 2 is 1.69 bits per heavy atom. The number of esters is 2. The van der Waals surface area contributed by atoms with Gasteiger partial charge in [-0.05, 0) is 24.3 Å². The number of aromatic nitrogens is 7. The van der Waals surface area contributed by atoms with Crippen LogP contribution < -0.4 is 0 Å². The normalized spacial score (nSPS) is 26.5. The molecule has 0 bridgehead atoms. The average Bonchev–Trinajstić information content (AvgIpc) is 3.78. The molecule has 0 amide bonds. The van der Waals surface area contributed by atoms with Gasteiger partial charge in [0, 0.05) is 38.3 Å². The van der Waals surface area contributed by atoms with Gasteiger partial charge >= 0.3 is 11.9 Å². The van der Waals surface area contributed by atoms with Crippen molar-refractivity contribution in [3.8, 4) is 22.5 Å². The number of ether oxygens (including phenoxy) is 5. The number of halogens is 4. The molecule has 6 rings (SSSR count). The predicted octanol–water partition coefficient (Wildman–Crippen LogP) is 3.18. The fraction of sp³-hybridized carbons (Fsp3) is 0.452. The van der Waals surface area contributed by atoms with E-state index in [2.05, 4.69) is 25.6 Å². The lowest BCUT2D eigenvalue weighted by atomic mass is 9.96. The zero-order chi connectivity index (χ0) is 36.4. The lowest BCUT2D eigenvalue weighted by Crippen LogP contribution is -2.58. The Balaban J connectivity index is 1.30. The van der Waals surface area contributed by atoms with Crippen molar-refractivity contribution in [3.63, 3.8) is 0 Å². The third-order valence-corrected chi connectivity index (χ3v) is 9.88. The Morgan fingerprint density at radius 3 is 2.35 bits per heavy atom. The molecule has 0 saturated carbocycles. The maximum atomic E-state index is 14.1. The molecule has 3 aromatic heterocycles. The van der Waals surface area contributed by atoms with Crippen LogP contribution in [0.5, 0.6) is 0 Å². The first-order chi connectivity index (χ1) is 24.4. The number of hydrogen-bond donors (Lipinski definition) is 1. The van der Waals surface area contributed by atoms with Crippen molar-refractivity contribution >= 4 is 35.3 Å². The number of rotatable bonds is 10. The molecule has 15 nitrogen and oxygen atoms in total. The minimum Gasteiger partial charge on any atom is -0.463 e. The van der Waals surface area contributed by atoms with E-state index in [1.165, 1.54) is 42.7 Å². The van der Waals surface area contributed by atoms with E-state index in [4.69, 9.17) is 35.3 Å². The zero-order valence-electron chi connectivity index (χ0n) is 27.1. The summed E-state index contributed by atoms with van der Waals surface area (Å²) >= 11 is 7.19. The van der Waals surface area contributed by atoms with Crippen molar-refractivity contribution in [3.05, 3.63) is 65.5 Å². The fourth-order valence-electron chi connectivity index (χ4n) is 5.89. The third-order valence-electron chi connectivity index (χ3n) is 8.26. The molecule has 0 spiro atoms. The molecule has 2 aliphatic heterocycles. The highest BCUT2D eigenvalue weighted by atomic mass is 35.5. The molecule has 1 N–H and O–H groups in total. The Labute approximate surface area is 297 Å². The molecule has 0 aliphatic carbocycles. The fourth-order valence-corrected chi connectivity index (χ4v) is 7.56. The second-order valence-corrected chi connectivity index (χ2v) is 13.4. The van der Waals surface area contributed by atoms with E-state index in [9.17, 15) is 27.9 Å². The topological polar surface area (TPSA) is 175 Å². The van der Waals surface area contributed by atoms with E-state index >= 15 is 0 Å². The van der Waals surface area contributed by atoms with Crippen LogP contribution in [0, 0.1) is 17.5 Å². The second-order valence-electron chi connectivity index (χ2n) is 11.7. The van der Waals surface area contributed by atoms with Crippen LogP contribution in [0.1, 0.15) is 25.9 Å². The minimum atomic E-state index is -1.64. The van der Waals surface area contributed by atoms with Crippen LogP contribution in [0.4, 0.5) is 13.2 Å². The maximum absolute atomic E-state index is 14.1. The Bertz CT molecular complexity index is 1860. The monoisotopic (exact) mass is 753 g/mol. The number of methoxy groups -OCH3 is 1. The van der Waals surface area contributed by atoms with Crippen LogP contribution in [-0.4, -0.2) is 114 Å². The molecule has 5 heterocycles. The van der Waals surface area contributed by atoms with Gasteiger partial charge in [0.15, 0.2) is 23.6 Å². The summed E-state index contributed by atoms with van der Waals surface area (Å²) in [5.74, 6) is -5.82. The van der Waals surface area contributed by atoms with Crippen LogP contribution in [0.25, 0.3) is 22.5 Å². The first-order valence-corrected chi connectivity index (χ1v) is 16.8. The highest BCUT2D eigenvalue weighted by Gasteiger charge is 2.52. The van der Waals surface area contributed by atoms with Gasteiger partial charge in [-0.15, -0.1) is 22.0 Å². The Morgan fingerprint density at radius 1 is 1.00 bits per heavy atom. The Kier molecular flexibility index (Phi) is 11.2. The summed E-state index contributed by atoms with van der Waals surface area (Å²) in [6.45, 7) is 2.25. The summed E-state index contributed by atoms with van der Waals surface area (Å²) in [6.07, 6.45) is 0.222. The van der Waals surface area contributed by atoms with Gasteiger partial charge in [-0.1, -0.05) is 22.0 Å². The van der Waals surface area contributed by atoms with E-state index in [0.717, 1.165) is 23.9 Å². The van der Waals surface area contributed by atoms with E-state index < -0.39 is 76.6 Å². The van der Waals surface area contributed by atoms with Crippen LogP contribution in [-0.2, 0) is 33.3 Å². The number of thioether (sulfide) groups is 1. The molecule has 8 atom stereocenters. The van der Waals surface area contributed by atoms with Crippen LogP contribution in [0.3, 0.4) is 0 Å². The number of aliphatic hydroxyl groups is 1. The summed E-state index contributed by atoms with van der Waals surface area (Å²) in [6, 6.07) is 3.20. The van der Waals surface area contributed by atoms with Crippen molar-refractivity contribution in [2.45, 2.75) is 61.0 Å². The number of pyridine rings is 1. The van der Waals surface area contributed by atoms with Crippen molar-refractivity contribution in [2.24, 2.45) is 0 Å². The molecule has 0 radical (unpaired) electrons. The number of hydrogen-bond acceptors (Lipinski definition) is 14. The molecule has 272 valence electrons. The van der Waals surface area contributed by atoms with Gasteiger partial charge in [0.1, 0.15) is 52.9 Å². The van der Waals surface area contributed by atoms with Crippen molar-refractivity contribution in [2.75, 3.05) is 26.9 Å². The summed E-state index contributed by atoms with van der Waals surface area (Å²) < 4.78 is 73.7. The molecule has 2 aliphatic rings. The standard InChI is InChI=1S/C31H31ClF3N7O8S/c1-14(43)48-12-23-29(49-15(2)44)27(42-10-21(38-40-42)17-6-18(33)26(35)19(34)7-17)30(46-3)31(50-23)51-24-13-47-11-22(28(24)45)41-9-20(37-39-41)16-4-5-36-25(32)8-16/h4-10,22-24,27-31,45H,11-13H2,1-3H3/t22-,23+,24+,27-,28+,29-,30+,31-/m0/s1. The largest absolute Gasteiger partial charge is 0.463 e. The van der Waals surface area contributed by atoms with Crippen LogP contribution in [0.2, 0.25) is 5.15 Å². The van der Waals surface area contributed by atoms with Gasteiger partial charge in [-0.2, -0.15) is 0 Å². The molecule has 4 aromatic rings. The molecule has 1 aromatic carbocycles. The predicted molar refractivity (Wildman–Crippen MR) is 172 cm³/mol. The van der Waals surface area contributed by atoms with E-state index in [-0.39, 0.29) is 36.2 Å². The molecule has 2 saturated heterocycles. The number of aliphatic hydroxyl groups excluding tert-OH is 1. The molecule has 51 heavy (non-hydrogen) atoms. The van der Waals surface area contributed by atoms with Gasteiger partial charge in [0.2, 0.25) is 0 Å². The van der Waals surface area contributed by atoms with E-state index in [1.807, 2.05) is 0 Å². The van der Waals surface area contributed by atoms with Gasteiger partial charge in [0.05, 0.1) is 37.0 Å². The number of benzene rings is 1. The number of carbonyl (C=O) groups is 2. The molecule has 2 fully saturated rings. The highest BCUT2D eigenvalue weighted by molar-refractivity contribution is 8.00. The summed E-state index contributed by atoms with van der Waals surface area (Å²) in [4.78, 5) is 28.2. The lowest BCUT2D eigenvalue weighted by molar-refractivity contribution is -0.208. The van der Waals surface area contributed by atoms with Crippen molar-refractivity contribution in [1.29, 1.82) is 0 Å². The van der Waals surface area contributed by atoms with Crippen molar-refractivity contribution in [1.82, 2.24) is 35.0 Å². The summed E-state index contributed by atoms with van der Waals surface area (Å²) in [5, 5.41) is 27.8. The van der Waals surface area contributed by atoms with Gasteiger partial charge in [0.25, 0.3) is 0 Å². The molecular formula is C31H31ClF3N7O8S. The van der Waals surface area contributed by atoms with Gasteiger partial charge in [-0.25, -0.2) is 27.5 Å². The lowest BCUT2D eigenvalue weighted by Gasteiger charge is -2.46. The molecular weight excluding hydrogens is 723 g/mol. The third kappa shape index (κ3) is 8.02. The maximum Gasteiger partial charge on any atom is 0.303 e. The quantitative estimate of drug-likeness (QED) is 0.142. The van der Waals surface area contributed by atoms with E-state index in [1.54, 1.807) is 18.3 Å². The summed E-state index contributed by atoms with van der Waals surface area (Å²) in [7, 11) is 1.38. The van der Waals surface area contributed by atoms with Gasteiger partial charge < -0.3 is 28.8 Å². The number of carbonyl (C=O) groups excluding carboxylic acids is 2. The smallest absolute Gasteiger partial charge is 0.303 e. The van der Waals surface area contributed by atoms with Crippen LogP contribution >= 0.6 is 23.4 Å². The average molecular weight is 754 g/mol. The number of nitrogens with zero attached hydrogens (tertiary/aromatic N) is 7. The van der Waals surface area contributed by atoms with Crippen LogP contribution in [0.15, 0.2) is 42.9 Å². The molecule has 20 heteroatoms. The minimum absolute atomic E-state index is 0.0309. The van der Waals surface area contributed by atoms with Crippen molar-refractivity contribution < 1.29 is 51.6 Å². The van der Waals surface area contributed by atoms with E-state index in [0.29, 0.717) is 11.3 Å². The molecule has 0 unspecified atom stereocenters. The second kappa shape index (κ2) is 15.6. The first kappa shape index (κ1) is 36.6. The highest BCUT2D eigenvalue weighted by Crippen LogP contribution is 2.42. The zero-order valence-corrected chi connectivity index (χ0v) is 28.7. The SMILES string of the molecule is CO[C@@H]1[C@@H](n2cc(-c3cc(F)c(F)c(F)c3)nn2)[C@@H](OC(C)=O)[C@@H](COC(C)=O)O[C@H]1S[C@@H]1COC[C@H](n2cc(-c3ccnc(Cl)c3)nn2)[C@H]1O. The summed E-state index contributed by atoms with van der Waals surface area (Å²) in [5.41, 5.74) is 0.101. The first-order valence-electron chi connectivity index (χ1n) is 15.4.